The zero-order chi connectivity index (χ0) is 43.5. The van der Waals surface area contributed by atoms with Crippen LogP contribution in [0.4, 0.5) is 14.4 Å². The smallest absolute Gasteiger partial charge is 0.411 e. The number of likely N-dealkylation sites (tertiary alicyclic amines) is 3. The molecule has 0 bridgehead atoms. The number of carbonyl (C=O) groups is 9. The molecule has 3 N–H and O–H groups in total. The number of hydrogen-bond acceptors (Lipinski definition) is 15. The van der Waals surface area contributed by atoms with Crippen molar-refractivity contribution < 1.29 is 76.7 Å². The third kappa shape index (κ3) is 10.0. The van der Waals surface area contributed by atoms with E-state index in [1.54, 1.807) is 20.8 Å². The first-order valence-electron chi connectivity index (χ1n) is 17.9. The number of nitrogens with zero attached hydrogens (tertiary/aromatic N) is 3. The first-order valence-corrected chi connectivity index (χ1v) is 17.9. The molecular weight excluding hydrogens is 758 g/mol. The van der Waals surface area contributed by atoms with Gasteiger partial charge < -0.3 is 44.2 Å². The van der Waals surface area contributed by atoms with Crippen molar-refractivity contribution in [3.8, 4) is 0 Å². The average Bonchev–Trinajstić information content (AvgIpc) is 3.82. The Bertz CT molecular complexity index is 1670. The average molecular weight is 812 g/mol. The summed E-state index contributed by atoms with van der Waals surface area (Å²) in [4.78, 5) is 124. The van der Waals surface area contributed by atoms with Crippen LogP contribution in [0, 0.1) is 5.41 Å². The molecule has 5 amide bonds. The molecule has 318 valence electrons. The number of ether oxygens (including phenoxy) is 6. The van der Waals surface area contributed by atoms with Gasteiger partial charge in [-0.2, -0.15) is 0 Å². The predicted molar refractivity (Wildman–Crippen MR) is 193 cm³/mol. The minimum Gasteiger partial charge on any atom is -0.480 e. The topological polar surface area (TPSA) is 263 Å². The zero-order valence-electron chi connectivity index (χ0n) is 33.9. The van der Waals surface area contributed by atoms with Gasteiger partial charge in [0, 0.05) is 19.4 Å². The third-order valence-electron chi connectivity index (χ3n) is 9.52. The van der Waals surface area contributed by atoms with Crippen LogP contribution in [0.15, 0.2) is 12.7 Å². The molecular formula is C36H53N5O16. The zero-order valence-corrected chi connectivity index (χ0v) is 33.9. The third-order valence-corrected chi connectivity index (χ3v) is 9.52. The van der Waals surface area contributed by atoms with Gasteiger partial charge in [-0.3, -0.25) is 29.1 Å². The Morgan fingerprint density at radius 2 is 1.04 bits per heavy atom. The quantitative estimate of drug-likeness (QED) is 0.156. The number of esters is 3. The van der Waals surface area contributed by atoms with Gasteiger partial charge in [0.1, 0.15) is 35.9 Å². The van der Waals surface area contributed by atoms with Crippen molar-refractivity contribution in [2.24, 2.45) is 5.41 Å². The fourth-order valence-corrected chi connectivity index (χ4v) is 7.02. The van der Waals surface area contributed by atoms with Gasteiger partial charge in [-0.05, 0) is 54.9 Å². The number of hydrogen-bond donors (Lipinski definition) is 3. The Morgan fingerprint density at radius 3 is 1.42 bits per heavy atom. The summed E-state index contributed by atoms with van der Waals surface area (Å²) in [5.74, 6) is -6.65. The number of nitrogens with one attached hydrogen (secondary N) is 2. The van der Waals surface area contributed by atoms with Crippen LogP contribution < -0.4 is 10.6 Å². The Balaban J connectivity index is 2.10. The van der Waals surface area contributed by atoms with Gasteiger partial charge in [-0.1, -0.05) is 12.7 Å². The van der Waals surface area contributed by atoms with E-state index in [-0.39, 0.29) is 19.6 Å². The lowest BCUT2D eigenvalue weighted by Gasteiger charge is -2.32. The van der Waals surface area contributed by atoms with E-state index in [0.29, 0.717) is 4.90 Å². The van der Waals surface area contributed by atoms with Crippen LogP contribution in [-0.4, -0.2) is 162 Å². The summed E-state index contributed by atoms with van der Waals surface area (Å²) < 4.78 is 31.0. The standard InChI is InChI=1S/C36H53N5O16/c1-12-13-55-29(49)41-19-36(28(48)54-11,16-22(41)25(44)45)38-24(43)21-15-35(27(47)53-10,18-40(21)31(51)57-33(5,6)7)37-23(42)20-14-34(8,26(46)52-9)17-39(20)30(50)56-32(2,3)4/h12,20-22H,1,13-19H2,2-11H3,(H,37,42)(H,38,43)(H,44,45)/t20?,21-,22+,34+,35?,36?/m0/s1. The second kappa shape index (κ2) is 16.8. The molecule has 0 spiro atoms. The second-order valence-electron chi connectivity index (χ2n) is 16.4. The van der Waals surface area contributed by atoms with E-state index in [9.17, 15) is 48.3 Å². The monoisotopic (exact) mass is 811 g/mol. The molecule has 3 fully saturated rings. The molecule has 0 aromatic rings. The number of amides is 5. The van der Waals surface area contributed by atoms with Crippen LogP contribution in [0.2, 0.25) is 0 Å². The van der Waals surface area contributed by atoms with Crippen LogP contribution in [0.5, 0.6) is 0 Å². The summed E-state index contributed by atoms with van der Waals surface area (Å²) in [6.07, 6.45) is -3.66. The lowest BCUT2D eigenvalue weighted by molar-refractivity contribution is -0.152. The van der Waals surface area contributed by atoms with E-state index in [0.717, 1.165) is 31.1 Å². The maximum atomic E-state index is 14.4. The summed E-state index contributed by atoms with van der Waals surface area (Å²) in [5.41, 5.74) is -7.97. The van der Waals surface area contributed by atoms with Gasteiger partial charge in [0.05, 0.1) is 39.8 Å². The molecule has 0 radical (unpaired) electrons. The number of methoxy groups -OCH3 is 3. The molecule has 3 aliphatic heterocycles. The highest BCUT2D eigenvalue weighted by Gasteiger charge is 2.61. The first-order chi connectivity index (χ1) is 26.2. The van der Waals surface area contributed by atoms with E-state index >= 15 is 0 Å². The molecule has 57 heavy (non-hydrogen) atoms. The Morgan fingerprint density at radius 1 is 0.649 bits per heavy atom. The fraction of sp³-hybridized carbons (Fsp3) is 0.694. The number of carboxylic acid groups (broad SMARTS) is 1. The SMILES string of the molecule is C=CCOC(=O)N1CC(NC(=O)[C@@H]2CC(NC(=O)C3C[C@@](C)(C(=O)OC)CN3C(=O)OC(C)(C)C)(C(=O)OC)CN2C(=O)OC(C)(C)C)(C(=O)OC)C[C@@H]1C(=O)O. The van der Waals surface area contributed by atoms with Crippen molar-refractivity contribution in [2.75, 3.05) is 47.6 Å². The normalized spacial score (nSPS) is 27.1. The van der Waals surface area contributed by atoms with E-state index in [2.05, 4.69) is 17.2 Å². The molecule has 3 heterocycles. The lowest BCUT2D eigenvalue weighted by Crippen LogP contribution is -2.61. The van der Waals surface area contributed by atoms with E-state index in [1.165, 1.54) is 33.8 Å². The van der Waals surface area contributed by atoms with Gasteiger partial charge in [0.2, 0.25) is 11.8 Å². The highest BCUT2D eigenvalue weighted by Crippen LogP contribution is 2.39. The van der Waals surface area contributed by atoms with Crippen LogP contribution in [0.1, 0.15) is 67.7 Å². The highest BCUT2D eigenvalue weighted by atomic mass is 16.6. The maximum absolute atomic E-state index is 14.4. The molecule has 3 saturated heterocycles. The van der Waals surface area contributed by atoms with E-state index < -0.39 is 126 Å². The summed E-state index contributed by atoms with van der Waals surface area (Å²) in [7, 11) is 3.11. The van der Waals surface area contributed by atoms with Crippen LogP contribution in [0.25, 0.3) is 0 Å². The Kier molecular flexibility index (Phi) is 13.5. The van der Waals surface area contributed by atoms with Crippen LogP contribution >= 0.6 is 0 Å². The van der Waals surface area contributed by atoms with E-state index in [4.69, 9.17) is 28.4 Å². The largest absolute Gasteiger partial charge is 0.480 e. The molecule has 3 unspecified atom stereocenters. The number of carbonyl (C=O) groups excluding carboxylic acids is 8. The summed E-state index contributed by atoms with van der Waals surface area (Å²) >= 11 is 0. The molecule has 6 atom stereocenters. The molecule has 21 heteroatoms. The maximum Gasteiger partial charge on any atom is 0.411 e. The van der Waals surface area contributed by atoms with Crippen molar-refractivity contribution in [3.63, 3.8) is 0 Å². The summed E-state index contributed by atoms with van der Waals surface area (Å²) in [6.45, 7) is 12.2. The highest BCUT2D eigenvalue weighted by molar-refractivity contribution is 5.98. The molecule has 3 rings (SSSR count). The van der Waals surface area contributed by atoms with Crippen molar-refractivity contribution in [1.29, 1.82) is 0 Å². The number of rotatable bonds is 10. The molecule has 0 saturated carbocycles. The Labute approximate surface area is 329 Å². The van der Waals surface area contributed by atoms with Gasteiger partial charge in [-0.15, -0.1) is 0 Å². The van der Waals surface area contributed by atoms with Crippen molar-refractivity contribution in [1.82, 2.24) is 25.3 Å². The second-order valence-corrected chi connectivity index (χ2v) is 16.4. The molecule has 21 nitrogen and oxygen atoms in total. The predicted octanol–water partition coefficient (Wildman–Crippen LogP) is 0.722. The van der Waals surface area contributed by atoms with Crippen molar-refractivity contribution in [3.05, 3.63) is 12.7 Å². The first kappa shape index (κ1) is 45.8. The molecule has 0 aromatic heterocycles. The van der Waals surface area contributed by atoms with Gasteiger partial charge in [0.25, 0.3) is 0 Å². The molecule has 0 aliphatic carbocycles. The summed E-state index contributed by atoms with van der Waals surface area (Å²) in [5, 5.41) is 15.0. The Hall–Kier alpha value is -5.63. The van der Waals surface area contributed by atoms with E-state index in [1.807, 2.05) is 0 Å². The van der Waals surface area contributed by atoms with Crippen LogP contribution in [-0.2, 0) is 57.2 Å². The summed E-state index contributed by atoms with van der Waals surface area (Å²) in [6, 6.07) is -4.85. The minimum atomic E-state index is -2.22. The van der Waals surface area contributed by atoms with Gasteiger partial charge in [-0.25, -0.2) is 28.8 Å². The number of carboxylic acids is 1. The molecule has 0 aromatic carbocycles. The lowest BCUT2D eigenvalue weighted by atomic mass is 9.87. The van der Waals surface area contributed by atoms with Crippen molar-refractivity contribution >= 4 is 54.0 Å². The molecule has 3 aliphatic rings. The fourth-order valence-electron chi connectivity index (χ4n) is 7.02. The van der Waals surface area contributed by atoms with Gasteiger partial charge >= 0.3 is 42.2 Å². The van der Waals surface area contributed by atoms with Crippen LogP contribution in [0.3, 0.4) is 0 Å². The number of aliphatic carboxylic acids is 1. The van der Waals surface area contributed by atoms with Gasteiger partial charge in [0.15, 0.2) is 11.1 Å². The minimum absolute atomic E-state index is 0.278. The van der Waals surface area contributed by atoms with Crippen molar-refractivity contribution in [2.45, 2.75) is 108 Å².